The van der Waals surface area contributed by atoms with E-state index in [9.17, 15) is 4.79 Å². The van der Waals surface area contributed by atoms with Gasteiger partial charge in [-0.3, -0.25) is 9.56 Å². The fourth-order valence-corrected chi connectivity index (χ4v) is 6.14. The van der Waals surface area contributed by atoms with E-state index < -0.39 is 11.5 Å². The van der Waals surface area contributed by atoms with Gasteiger partial charge in [0.25, 0.3) is 0 Å². The summed E-state index contributed by atoms with van der Waals surface area (Å²) in [5, 5.41) is 4.54. The molecule has 0 radical (unpaired) electrons. The van der Waals surface area contributed by atoms with E-state index in [4.69, 9.17) is 23.1 Å². The van der Waals surface area contributed by atoms with Crippen molar-refractivity contribution >= 4 is 28.5 Å². The second kappa shape index (κ2) is 14.1. The molecule has 0 spiro atoms. The summed E-state index contributed by atoms with van der Waals surface area (Å²) in [5.41, 5.74) is 15.4. The Morgan fingerprint density at radius 1 is 1.18 bits per heavy atom. The number of hydrogen-bond donors (Lipinski definition) is 4. The summed E-state index contributed by atoms with van der Waals surface area (Å²) < 4.78 is 16.7. The predicted molar refractivity (Wildman–Crippen MR) is 178 cm³/mol. The summed E-state index contributed by atoms with van der Waals surface area (Å²) in [6.07, 6.45) is 8.82. The zero-order valence-corrected chi connectivity index (χ0v) is 26.5. The lowest BCUT2D eigenvalue weighted by atomic mass is 9.92. The van der Waals surface area contributed by atoms with Gasteiger partial charge in [0.1, 0.15) is 11.5 Å². The Balaban J connectivity index is 1.32. The minimum absolute atomic E-state index is 0.0894. The number of aromatic amines is 1. The maximum atomic E-state index is 15.1. The molecule has 234 valence electrons. The van der Waals surface area contributed by atoms with Crippen LogP contribution in [0.15, 0.2) is 58.4 Å². The van der Waals surface area contributed by atoms with E-state index in [-0.39, 0.29) is 17.1 Å². The number of piperidine rings is 1. The van der Waals surface area contributed by atoms with Crippen LogP contribution in [-0.2, 0) is 6.42 Å². The van der Waals surface area contributed by atoms with Gasteiger partial charge in [-0.15, -0.1) is 0 Å². The first-order valence-corrected chi connectivity index (χ1v) is 16.0. The maximum Gasteiger partial charge on any atom is 0.354 e. The molecule has 44 heavy (non-hydrogen) atoms. The number of fused-ring (bicyclic) bond motifs is 1. The van der Waals surface area contributed by atoms with E-state index in [0.717, 1.165) is 50.5 Å². The summed E-state index contributed by atoms with van der Waals surface area (Å²) in [7, 11) is 0. The Bertz CT molecular complexity index is 1680. The van der Waals surface area contributed by atoms with Gasteiger partial charge in [0.05, 0.1) is 22.4 Å². The molecule has 3 atom stereocenters. The van der Waals surface area contributed by atoms with Gasteiger partial charge in [0.15, 0.2) is 5.82 Å². The summed E-state index contributed by atoms with van der Waals surface area (Å²) in [4.78, 5) is 24.8. The minimum Gasteiger partial charge on any atom is -0.386 e. The maximum absolute atomic E-state index is 15.1. The zero-order chi connectivity index (χ0) is 31.4. The second-order valence-corrected chi connectivity index (χ2v) is 12.8. The van der Waals surface area contributed by atoms with E-state index in [1.165, 1.54) is 10.1 Å². The first kappa shape index (κ1) is 31.9. The third-order valence-electron chi connectivity index (χ3n) is 8.43. The summed E-state index contributed by atoms with van der Waals surface area (Å²) in [5.74, 6) is 0.606. The fraction of sp³-hybridized carbons (Fsp3) is 0.441. The number of nitrogens with one attached hydrogen (secondary N) is 2. The summed E-state index contributed by atoms with van der Waals surface area (Å²) in [6.45, 7) is 6.87. The van der Waals surface area contributed by atoms with Crippen LogP contribution in [0.3, 0.4) is 0 Å². The summed E-state index contributed by atoms with van der Waals surface area (Å²) in [6, 6.07) is 13.7. The van der Waals surface area contributed by atoms with Crippen LogP contribution in [0.2, 0.25) is 5.02 Å². The lowest BCUT2D eigenvalue weighted by Crippen LogP contribution is -2.38. The van der Waals surface area contributed by atoms with Crippen LogP contribution in [0.1, 0.15) is 76.5 Å². The average Bonchev–Trinajstić information content (AvgIpc) is 3.41. The molecule has 2 aromatic heterocycles. The van der Waals surface area contributed by atoms with Crippen LogP contribution in [0.5, 0.6) is 0 Å². The van der Waals surface area contributed by atoms with Crippen LogP contribution >= 0.6 is 11.6 Å². The van der Waals surface area contributed by atoms with Gasteiger partial charge in [0, 0.05) is 35.8 Å². The largest absolute Gasteiger partial charge is 0.386 e. The predicted octanol–water partition coefficient (Wildman–Crippen LogP) is 6.43. The normalized spacial score (nSPS) is 18.3. The lowest BCUT2D eigenvalue weighted by Gasteiger charge is -2.31. The molecule has 1 saturated heterocycles. The Hall–Kier alpha value is -3.53. The van der Waals surface area contributed by atoms with Crippen molar-refractivity contribution < 1.29 is 4.39 Å². The molecule has 0 unspecified atom stereocenters. The van der Waals surface area contributed by atoms with Crippen LogP contribution < -0.4 is 22.5 Å². The number of H-pyrrole nitrogens is 1. The number of nitrogens with zero attached hydrogens (tertiary/aromatic N) is 3. The molecule has 1 aliphatic rings. The fourth-order valence-electron chi connectivity index (χ4n) is 5.90. The van der Waals surface area contributed by atoms with Gasteiger partial charge >= 0.3 is 5.69 Å². The molecule has 1 aliphatic heterocycles. The molecule has 4 aromatic rings. The first-order chi connectivity index (χ1) is 21.1. The van der Waals surface area contributed by atoms with Gasteiger partial charge in [0.2, 0.25) is 0 Å². The quantitative estimate of drug-likeness (QED) is 0.114. The second-order valence-electron chi connectivity index (χ2n) is 12.4. The number of aryl methyl sites for hydroxylation is 1. The Morgan fingerprint density at radius 2 is 1.95 bits per heavy atom. The van der Waals surface area contributed by atoms with Crippen molar-refractivity contribution in [3.63, 3.8) is 0 Å². The van der Waals surface area contributed by atoms with Gasteiger partial charge < -0.3 is 21.8 Å². The van der Waals surface area contributed by atoms with Gasteiger partial charge in [-0.25, -0.2) is 9.18 Å². The number of nitrogens with two attached hydrogens (primary N) is 2. The van der Waals surface area contributed by atoms with Gasteiger partial charge in [-0.05, 0) is 86.4 Å². The van der Waals surface area contributed by atoms with Gasteiger partial charge in [-0.2, -0.15) is 4.98 Å². The molecule has 2 aromatic carbocycles. The van der Waals surface area contributed by atoms with Crippen molar-refractivity contribution in [1.82, 2.24) is 19.9 Å². The third kappa shape index (κ3) is 7.57. The number of aromatic nitrogens is 3. The Kier molecular flexibility index (Phi) is 10.2. The Labute approximate surface area is 263 Å². The highest BCUT2D eigenvalue weighted by Crippen LogP contribution is 2.32. The number of halogens is 2. The highest BCUT2D eigenvalue weighted by Gasteiger charge is 2.22. The molecule has 6 N–H and O–H groups in total. The molecule has 5 rings (SSSR count). The number of hydrogen-bond acceptors (Lipinski definition) is 5. The van der Waals surface area contributed by atoms with Crippen molar-refractivity contribution in [3.8, 4) is 16.9 Å². The van der Waals surface area contributed by atoms with Crippen molar-refractivity contribution in [1.29, 1.82) is 0 Å². The number of rotatable bonds is 11. The van der Waals surface area contributed by atoms with Crippen LogP contribution in [0.4, 0.5) is 4.39 Å². The average molecular weight is 620 g/mol. The minimum atomic E-state index is -0.489. The molecular weight excluding hydrogens is 577 g/mol. The molecule has 3 heterocycles. The van der Waals surface area contributed by atoms with E-state index in [1.54, 1.807) is 12.3 Å². The number of benzene rings is 2. The zero-order valence-electron chi connectivity index (χ0n) is 25.7. The molecular formula is C34H43ClFN7O. The topological polar surface area (TPSA) is 127 Å². The monoisotopic (exact) mass is 619 g/mol. The molecule has 1 fully saturated rings. The smallest absolute Gasteiger partial charge is 0.354 e. The SMILES string of the molecule is CC(C)CCCc1cc(Cl)c(F)c(-c2cc3cn(-c4ccc([C@@H]5CCC[C@@H](CCN=C(N)[C@@H](C)N)N5)cc4)c(=O)nc3[nH]2)c1. The molecule has 8 nitrogen and oxygen atoms in total. The van der Waals surface area contributed by atoms with E-state index in [0.29, 0.717) is 52.3 Å². The highest BCUT2D eigenvalue weighted by molar-refractivity contribution is 6.31. The number of aliphatic imine (C=N–C) groups is 1. The van der Waals surface area contributed by atoms with Crippen LogP contribution in [0.25, 0.3) is 28.0 Å². The van der Waals surface area contributed by atoms with E-state index in [1.807, 2.05) is 31.2 Å². The van der Waals surface area contributed by atoms with E-state index >= 15 is 4.39 Å². The number of amidine groups is 1. The first-order valence-electron chi connectivity index (χ1n) is 15.6. The molecule has 0 amide bonds. The van der Waals surface area contributed by atoms with Crippen LogP contribution in [-0.4, -0.2) is 39.0 Å². The molecule has 0 saturated carbocycles. The van der Waals surface area contributed by atoms with Crippen molar-refractivity contribution in [2.24, 2.45) is 22.4 Å². The highest BCUT2D eigenvalue weighted by atomic mass is 35.5. The van der Waals surface area contributed by atoms with Gasteiger partial charge in [-0.1, -0.05) is 50.4 Å². The molecule has 0 bridgehead atoms. The third-order valence-corrected chi connectivity index (χ3v) is 8.70. The molecule has 10 heteroatoms. The molecule has 0 aliphatic carbocycles. The van der Waals surface area contributed by atoms with Crippen molar-refractivity contribution in [2.75, 3.05) is 6.54 Å². The van der Waals surface area contributed by atoms with Crippen LogP contribution in [0, 0.1) is 11.7 Å². The van der Waals surface area contributed by atoms with Crippen molar-refractivity contribution in [3.05, 3.63) is 81.1 Å². The Morgan fingerprint density at radius 3 is 2.68 bits per heavy atom. The lowest BCUT2D eigenvalue weighted by molar-refractivity contribution is 0.315. The van der Waals surface area contributed by atoms with Crippen molar-refractivity contribution in [2.45, 2.75) is 83.8 Å². The standard InChI is InChI=1S/C34H43ClFN7O/c1-20(2)6-4-7-22-16-27(31(36)28(35)17-22)30-18-24-19-43(34(44)42-33(24)41-30)26-12-10-23(11-13-26)29-9-5-8-25(40-29)14-15-39-32(38)21(3)37/h10-13,16-21,25,29,40H,4-9,14-15,37H2,1-3H3,(H2,38,39)(H,41,42,44)/t21-,25+,29+/m1/s1. The summed E-state index contributed by atoms with van der Waals surface area (Å²) >= 11 is 6.28. The van der Waals surface area contributed by atoms with E-state index in [2.05, 4.69) is 46.3 Å².